The summed E-state index contributed by atoms with van der Waals surface area (Å²) in [6.07, 6.45) is 0.465. The Morgan fingerprint density at radius 2 is 2.20 bits per heavy atom. The molecule has 1 heterocycles. The van der Waals surface area contributed by atoms with E-state index < -0.39 is 0 Å². The van der Waals surface area contributed by atoms with Gasteiger partial charge in [-0.2, -0.15) is 0 Å². The first-order chi connectivity index (χ1) is 7.16. The normalized spacial score (nSPS) is 15.8. The highest BCUT2D eigenvalue weighted by molar-refractivity contribution is 6.31. The van der Waals surface area contributed by atoms with Crippen LogP contribution in [0.4, 0.5) is 0 Å². The topological polar surface area (TPSA) is 37.4 Å². The fraction of sp³-hybridized carbons (Fsp3) is 0.273. The van der Waals surface area contributed by atoms with Crippen LogP contribution in [0.1, 0.15) is 16.8 Å². The molecule has 0 unspecified atom stereocenters. The van der Waals surface area contributed by atoms with E-state index in [4.69, 9.17) is 11.6 Å². The van der Waals surface area contributed by atoms with Crippen molar-refractivity contribution >= 4 is 23.3 Å². The van der Waals surface area contributed by atoms with Crippen LogP contribution in [0, 0.1) is 0 Å². The van der Waals surface area contributed by atoms with Gasteiger partial charge in [-0.3, -0.25) is 9.59 Å². The molecule has 2 rings (SSSR count). The van der Waals surface area contributed by atoms with Crippen LogP contribution >= 0.6 is 11.6 Å². The zero-order valence-electron chi connectivity index (χ0n) is 8.07. The molecule has 0 radical (unpaired) electrons. The van der Waals surface area contributed by atoms with Crippen LogP contribution in [0.15, 0.2) is 24.3 Å². The third-order valence-electron chi connectivity index (χ3n) is 2.39. The first-order valence-electron chi connectivity index (χ1n) is 4.73. The molecule has 1 amide bonds. The minimum atomic E-state index is -0.122. The molecule has 78 valence electrons. The quantitative estimate of drug-likeness (QED) is 0.728. The van der Waals surface area contributed by atoms with E-state index in [1.807, 2.05) is 0 Å². The minimum Gasteiger partial charge on any atom is -0.331 e. The minimum absolute atomic E-state index is 0.116. The second-order valence-corrected chi connectivity index (χ2v) is 3.96. The number of Topliss-reactive ketones (excluding diaryl/α,β-unsaturated/α-hetero) is 1. The summed E-state index contributed by atoms with van der Waals surface area (Å²) in [4.78, 5) is 24.4. The van der Waals surface area contributed by atoms with E-state index in [0.29, 0.717) is 23.6 Å². The van der Waals surface area contributed by atoms with E-state index in [0.717, 1.165) is 0 Å². The molecule has 4 heteroatoms. The van der Waals surface area contributed by atoms with Gasteiger partial charge in [0.15, 0.2) is 5.78 Å². The molecule has 1 aromatic rings. The molecule has 0 atom stereocenters. The predicted octanol–water partition coefficient (Wildman–Crippen LogP) is 1.76. The number of nitrogens with zero attached hydrogens (tertiary/aromatic N) is 1. The van der Waals surface area contributed by atoms with Gasteiger partial charge in [0.1, 0.15) is 0 Å². The standard InChI is InChI=1S/C11H10ClNO2/c12-9-3-1-2-8(6-9)11(15)13-5-4-10(14)7-13/h1-3,6H,4-5,7H2. The Morgan fingerprint density at radius 3 is 2.80 bits per heavy atom. The van der Waals surface area contributed by atoms with Gasteiger partial charge in [0.05, 0.1) is 6.54 Å². The molecule has 1 aliphatic rings. The summed E-state index contributed by atoms with van der Waals surface area (Å²) in [6.45, 7) is 0.746. The van der Waals surface area contributed by atoms with E-state index in [9.17, 15) is 9.59 Å². The summed E-state index contributed by atoms with van der Waals surface area (Å²) in [5.41, 5.74) is 0.539. The molecular formula is C11H10ClNO2. The fourth-order valence-electron chi connectivity index (χ4n) is 1.61. The Balaban J connectivity index is 2.17. The molecule has 1 saturated heterocycles. The number of rotatable bonds is 1. The lowest BCUT2D eigenvalue weighted by Gasteiger charge is -2.14. The average Bonchev–Trinajstić information content (AvgIpc) is 2.64. The number of likely N-dealkylation sites (tertiary alicyclic amines) is 1. The van der Waals surface area contributed by atoms with Gasteiger partial charge < -0.3 is 4.90 Å². The van der Waals surface area contributed by atoms with Crippen LogP contribution in [0.3, 0.4) is 0 Å². The van der Waals surface area contributed by atoms with Crippen molar-refractivity contribution in [3.8, 4) is 0 Å². The molecule has 1 aromatic carbocycles. The number of ketones is 1. The van der Waals surface area contributed by atoms with Crippen LogP contribution < -0.4 is 0 Å². The summed E-state index contributed by atoms with van der Waals surface area (Å²) in [5.74, 6) is -0.00581. The van der Waals surface area contributed by atoms with Crippen molar-refractivity contribution in [3.63, 3.8) is 0 Å². The lowest BCUT2D eigenvalue weighted by atomic mass is 10.2. The number of halogens is 1. The highest BCUT2D eigenvalue weighted by Crippen LogP contribution is 2.15. The highest BCUT2D eigenvalue weighted by Gasteiger charge is 2.24. The van der Waals surface area contributed by atoms with Crippen LogP contribution in [0.25, 0.3) is 0 Å². The van der Waals surface area contributed by atoms with Crippen molar-refractivity contribution in [1.29, 1.82) is 0 Å². The lowest BCUT2D eigenvalue weighted by Crippen LogP contribution is -2.28. The van der Waals surface area contributed by atoms with Gasteiger partial charge >= 0.3 is 0 Å². The number of hydrogen-bond acceptors (Lipinski definition) is 2. The molecule has 15 heavy (non-hydrogen) atoms. The monoisotopic (exact) mass is 223 g/mol. The van der Waals surface area contributed by atoms with Gasteiger partial charge in [0.2, 0.25) is 0 Å². The zero-order valence-corrected chi connectivity index (χ0v) is 8.83. The first kappa shape index (κ1) is 10.2. The maximum atomic E-state index is 11.9. The van der Waals surface area contributed by atoms with Gasteiger partial charge in [0, 0.05) is 23.6 Å². The van der Waals surface area contributed by atoms with Gasteiger partial charge in [-0.1, -0.05) is 17.7 Å². The Kier molecular flexibility index (Phi) is 2.73. The molecule has 3 nitrogen and oxygen atoms in total. The Hall–Kier alpha value is -1.35. The van der Waals surface area contributed by atoms with Crippen molar-refractivity contribution in [3.05, 3.63) is 34.9 Å². The van der Waals surface area contributed by atoms with Crippen LogP contribution in [-0.2, 0) is 4.79 Å². The Bertz CT molecular complexity index is 417. The Morgan fingerprint density at radius 1 is 1.40 bits per heavy atom. The molecular weight excluding hydrogens is 214 g/mol. The smallest absolute Gasteiger partial charge is 0.254 e. The summed E-state index contributed by atoms with van der Waals surface area (Å²) in [7, 11) is 0. The molecule has 0 bridgehead atoms. The summed E-state index contributed by atoms with van der Waals surface area (Å²) >= 11 is 5.79. The average molecular weight is 224 g/mol. The summed E-state index contributed by atoms with van der Waals surface area (Å²) < 4.78 is 0. The van der Waals surface area contributed by atoms with E-state index in [1.165, 1.54) is 0 Å². The maximum Gasteiger partial charge on any atom is 0.254 e. The van der Waals surface area contributed by atoms with E-state index in [2.05, 4.69) is 0 Å². The molecule has 0 aliphatic carbocycles. The number of amides is 1. The predicted molar refractivity (Wildman–Crippen MR) is 57.0 cm³/mol. The maximum absolute atomic E-state index is 11.9. The van der Waals surface area contributed by atoms with Crippen LogP contribution in [0.5, 0.6) is 0 Å². The number of benzene rings is 1. The largest absolute Gasteiger partial charge is 0.331 e. The van der Waals surface area contributed by atoms with Crippen molar-refractivity contribution in [2.75, 3.05) is 13.1 Å². The van der Waals surface area contributed by atoms with Gasteiger partial charge in [-0.15, -0.1) is 0 Å². The molecule has 0 N–H and O–H groups in total. The molecule has 1 fully saturated rings. The van der Waals surface area contributed by atoms with E-state index in [-0.39, 0.29) is 18.2 Å². The summed E-state index contributed by atoms with van der Waals surface area (Å²) in [5, 5.41) is 0.534. The third-order valence-corrected chi connectivity index (χ3v) is 2.62. The second kappa shape index (κ2) is 4.03. The fourth-order valence-corrected chi connectivity index (χ4v) is 1.80. The van der Waals surface area contributed by atoms with Crippen molar-refractivity contribution in [1.82, 2.24) is 4.90 Å². The SMILES string of the molecule is O=C1CCN(C(=O)c2cccc(Cl)c2)C1. The third kappa shape index (κ3) is 2.18. The van der Waals surface area contributed by atoms with Gasteiger partial charge in [0.25, 0.3) is 5.91 Å². The summed E-state index contributed by atoms with van der Waals surface area (Å²) in [6, 6.07) is 6.77. The highest BCUT2D eigenvalue weighted by atomic mass is 35.5. The van der Waals surface area contributed by atoms with Gasteiger partial charge in [-0.05, 0) is 18.2 Å². The van der Waals surface area contributed by atoms with E-state index >= 15 is 0 Å². The van der Waals surface area contributed by atoms with E-state index in [1.54, 1.807) is 29.2 Å². The van der Waals surface area contributed by atoms with Crippen molar-refractivity contribution in [2.24, 2.45) is 0 Å². The lowest BCUT2D eigenvalue weighted by molar-refractivity contribution is -0.116. The van der Waals surface area contributed by atoms with Crippen LogP contribution in [0.2, 0.25) is 5.02 Å². The number of hydrogen-bond donors (Lipinski definition) is 0. The first-order valence-corrected chi connectivity index (χ1v) is 5.11. The number of carbonyl (C=O) groups excluding carboxylic acids is 2. The molecule has 0 aromatic heterocycles. The molecule has 0 spiro atoms. The number of carbonyl (C=O) groups is 2. The van der Waals surface area contributed by atoms with Crippen molar-refractivity contribution < 1.29 is 9.59 Å². The molecule has 0 saturated carbocycles. The zero-order chi connectivity index (χ0) is 10.8. The second-order valence-electron chi connectivity index (χ2n) is 3.53. The molecule has 1 aliphatic heterocycles. The van der Waals surface area contributed by atoms with Crippen molar-refractivity contribution in [2.45, 2.75) is 6.42 Å². The van der Waals surface area contributed by atoms with Gasteiger partial charge in [-0.25, -0.2) is 0 Å². The Labute approximate surface area is 92.6 Å². The van der Waals surface area contributed by atoms with Crippen LogP contribution in [-0.4, -0.2) is 29.7 Å².